The molecule has 1 aromatic heterocycles. The highest BCUT2D eigenvalue weighted by Crippen LogP contribution is 2.36. The number of likely N-dealkylation sites (N-methyl/N-ethyl adjacent to an activating group) is 1. The van der Waals surface area contributed by atoms with E-state index in [1.165, 1.54) is 31.2 Å². The smallest absolute Gasteiger partial charge is 0.414 e. The minimum atomic E-state index is -1.82. The Labute approximate surface area is 212 Å². The van der Waals surface area contributed by atoms with Crippen LogP contribution in [0.15, 0.2) is 24.3 Å². The first-order chi connectivity index (χ1) is 17.5. The van der Waals surface area contributed by atoms with Crippen LogP contribution in [0.4, 0.5) is 11.5 Å². The molecule has 13 heteroatoms. The Morgan fingerprint density at radius 1 is 0.838 bits per heavy atom. The highest BCUT2D eigenvalue weighted by atomic mass is 16.4. The fourth-order valence-electron chi connectivity index (χ4n) is 4.00. The van der Waals surface area contributed by atoms with Crippen LogP contribution in [-0.4, -0.2) is 93.3 Å². The standard InChI is InChI=1S/C20H26N4O.2C2H2O4/c1-23-13-10-16-19(15-8-4-5-9-17(15)21-20(16)23)22-18(25)14-24-11-6-2-3-7-12-24;2*3-1(4)2(5)6/h4-5,8-9H,2-3,6-7,10-14H2,1H3,(H,21,22,25);2*(H,3,4)(H,5,6). The summed E-state index contributed by atoms with van der Waals surface area (Å²) in [5.74, 6) is -6.20. The third-order valence-electron chi connectivity index (χ3n) is 5.73. The first kappa shape index (κ1) is 29.0. The molecule has 5 N–H and O–H groups in total. The number of amides is 1. The second-order valence-electron chi connectivity index (χ2n) is 8.44. The number of anilines is 2. The highest BCUT2D eigenvalue weighted by molar-refractivity contribution is 6.27. The third-order valence-corrected chi connectivity index (χ3v) is 5.73. The number of aliphatic carboxylic acids is 4. The number of para-hydroxylation sites is 1. The number of rotatable bonds is 3. The lowest BCUT2D eigenvalue weighted by atomic mass is 10.1. The minimum absolute atomic E-state index is 0.0926. The summed E-state index contributed by atoms with van der Waals surface area (Å²) >= 11 is 0. The first-order valence-corrected chi connectivity index (χ1v) is 11.6. The number of likely N-dealkylation sites (tertiary alicyclic amines) is 1. The van der Waals surface area contributed by atoms with Crippen molar-refractivity contribution in [2.45, 2.75) is 32.1 Å². The number of carboxylic acids is 4. The maximum absolute atomic E-state index is 12.7. The van der Waals surface area contributed by atoms with Crippen LogP contribution in [0.2, 0.25) is 0 Å². The SMILES string of the molecule is CN1CCc2c1nc1ccccc1c2NC(=O)CN1CCCCCC1.O=C(O)C(=O)O.O=C(O)C(=O)O. The van der Waals surface area contributed by atoms with Crippen LogP contribution in [0.25, 0.3) is 10.9 Å². The summed E-state index contributed by atoms with van der Waals surface area (Å²) in [7, 11) is 2.07. The molecule has 2 aliphatic rings. The molecule has 0 saturated carbocycles. The predicted octanol–water partition coefficient (Wildman–Crippen LogP) is 1.35. The Morgan fingerprint density at radius 3 is 1.92 bits per heavy atom. The van der Waals surface area contributed by atoms with E-state index in [0.29, 0.717) is 6.54 Å². The van der Waals surface area contributed by atoms with Crippen molar-refractivity contribution >= 4 is 52.2 Å². The van der Waals surface area contributed by atoms with Gasteiger partial charge in [-0.2, -0.15) is 0 Å². The van der Waals surface area contributed by atoms with Crippen molar-refractivity contribution < 1.29 is 44.4 Å². The van der Waals surface area contributed by atoms with E-state index < -0.39 is 23.9 Å². The molecule has 0 bridgehead atoms. The van der Waals surface area contributed by atoms with Crippen molar-refractivity contribution in [1.82, 2.24) is 9.88 Å². The molecule has 1 fully saturated rings. The second-order valence-corrected chi connectivity index (χ2v) is 8.44. The van der Waals surface area contributed by atoms with E-state index in [-0.39, 0.29) is 5.91 Å². The van der Waals surface area contributed by atoms with E-state index >= 15 is 0 Å². The van der Waals surface area contributed by atoms with Crippen molar-refractivity contribution in [2.24, 2.45) is 0 Å². The summed E-state index contributed by atoms with van der Waals surface area (Å²) < 4.78 is 0. The molecule has 0 radical (unpaired) electrons. The number of carbonyl (C=O) groups is 5. The molecular weight excluding hydrogens is 488 g/mol. The first-order valence-electron chi connectivity index (χ1n) is 11.6. The maximum Gasteiger partial charge on any atom is 0.414 e. The normalized spacial score (nSPS) is 14.7. The minimum Gasteiger partial charge on any atom is -0.473 e. The molecular formula is C24H30N4O9. The molecule has 3 heterocycles. The number of fused-ring (bicyclic) bond motifs is 2. The third kappa shape index (κ3) is 8.72. The number of hydrogen-bond donors (Lipinski definition) is 5. The van der Waals surface area contributed by atoms with Gasteiger partial charge in [0.1, 0.15) is 5.82 Å². The van der Waals surface area contributed by atoms with Gasteiger partial charge in [-0.1, -0.05) is 31.0 Å². The number of pyridine rings is 1. The van der Waals surface area contributed by atoms with Gasteiger partial charge in [0.05, 0.1) is 17.7 Å². The fraction of sp³-hybridized carbons (Fsp3) is 0.417. The summed E-state index contributed by atoms with van der Waals surface area (Å²) in [4.78, 5) is 58.4. The van der Waals surface area contributed by atoms with E-state index in [0.717, 1.165) is 48.5 Å². The predicted molar refractivity (Wildman–Crippen MR) is 133 cm³/mol. The van der Waals surface area contributed by atoms with E-state index in [4.69, 9.17) is 44.6 Å². The van der Waals surface area contributed by atoms with E-state index in [1.807, 2.05) is 18.2 Å². The monoisotopic (exact) mass is 518 g/mol. The lowest BCUT2D eigenvalue weighted by Gasteiger charge is -2.20. The number of aromatic nitrogens is 1. The van der Waals surface area contributed by atoms with Gasteiger partial charge in [-0.15, -0.1) is 0 Å². The quantitative estimate of drug-likeness (QED) is 0.366. The summed E-state index contributed by atoms with van der Waals surface area (Å²) in [6.45, 7) is 3.51. The van der Waals surface area contributed by atoms with Gasteiger partial charge in [-0.25, -0.2) is 24.2 Å². The Hall–Kier alpha value is -4.26. The molecule has 4 rings (SSSR count). The van der Waals surface area contributed by atoms with Crippen molar-refractivity contribution in [1.29, 1.82) is 0 Å². The average molecular weight is 519 g/mol. The van der Waals surface area contributed by atoms with Crippen molar-refractivity contribution in [3.63, 3.8) is 0 Å². The van der Waals surface area contributed by atoms with Crippen LogP contribution in [0.1, 0.15) is 31.2 Å². The Morgan fingerprint density at radius 2 is 1.38 bits per heavy atom. The lowest BCUT2D eigenvalue weighted by Crippen LogP contribution is -2.34. The van der Waals surface area contributed by atoms with Crippen LogP contribution in [0.5, 0.6) is 0 Å². The van der Waals surface area contributed by atoms with Crippen molar-refractivity contribution in [2.75, 3.05) is 43.4 Å². The van der Waals surface area contributed by atoms with Crippen LogP contribution >= 0.6 is 0 Å². The van der Waals surface area contributed by atoms with Gasteiger partial charge in [-0.05, 0) is 38.4 Å². The topological polar surface area (TPSA) is 198 Å². The number of carbonyl (C=O) groups excluding carboxylic acids is 1. The molecule has 1 saturated heterocycles. The molecule has 2 aromatic rings. The molecule has 200 valence electrons. The lowest BCUT2D eigenvalue weighted by molar-refractivity contribution is -0.159. The zero-order valence-electron chi connectivity index (χ0n) is 20.3. The molecule has 0 atom stereocenters. The Balaban J connectivity index is 0.000000336. The number of benzene rings is 1. The zero-order chi connectivity index (χ0) is 27.5. The average Bonchev–Trinajstić information content (AvgIpc) is 3.04. The van der Waals surface area contributed by atoms with Gasteiger partial charge < -0.3 is 30.6 Å². The molecule has 0 unspecified atom stereocenters. The van der Waals surface area contributed by atoms with Crippen molar-refractivity contribution in [3.8, 4) is 0 Å². The molecule has 2 aliphatic heterocycles. The molecule has 13 nitrogen and oxygen atoms in total. The molecule has 1 amide bonds. The van der Waals surface area contributed by atoms with Crippen molar-refractivity contribution in [3.05, 3.63) is 29.8 Å². The van der Waals surface area contributed by atoms with Crippen LogP contribution < -0.4 is 10.2 Å². The molecule has 37 heavy (non-hydrogen) atoms. The summed E-state index contributed by atoms with van der Waals surface area (Å²) in [5, 5.41) is 33.8. The van der Waals surface area contributed by atoms with Gasteiger partial charge in [-0.3, -0.25) is 9.69 Å². The maximum atomic E-state index is 12.7. The number of nitrogens with one attached hydrogen (secondary N) is 1. The Bertz CT molecular complexity index is 1110. The zero-order valence-corrected chi connectivity index (χ0v) is 20.3. The summed E-state index contributed by atoms with van der Waals surface area (Å²) in [6.07, 6.45) is 5.90. The van der Waals surface area contributed by atoms with Gasteiger partial charge in [0.25, 0.3) is 0 Å². The van der Waals surface area contributed by atoms with Gasteiger partial charge in [0.2, 0.25) is 5.91 Å². The van der Waals surface area contributed by atoms with Crippen LogP contribution in [-0.2, 0) is 30.4 Å². The second kappa shape index (κ2) is 13.7. The van der Waals surface area contributed by atoms with Crippen LogP contribution in [0.3, 0.4) is 0 Å². The number of nitrogens with zero attached hydrogens (tertiary/aromatic N) is 3. The summed E-state index contributed by atoms with van der Waals surface area (Å²) in [5.41, 5.74) is 3.08. The van der Waals surface area contributed by atoms with E-state index in [1.54, 1.807) is 0 Å². The van der Waals surface area contributed by atoms with E-state index in [2.05, 4.69) is 28.2 Å². The van der Waals surface area contributed by atoms with Gasteiger partial charge >= 0.3 is 23.9 Å². The van der Waals surface area contributed by atoms with E-state index in [9.17, 15) is 4.79 Å². The molecule has 1 aromatic carbocycles. The summed E-state index contributed by atoms with van der Waals surface area (Å²) in [6, 6.07) is 8.09. The largest absolute Gasteiger partial charge is 0.473 e. The molecule has 0 spiro atoms. The number of carboxylic acid groups (broad SMARTS) is 4. The Kier molecular flexibility index (Phi) is 10.8. The highest BCUT2D eigenvalue weighted by Gasteiger charge is 2.24. The fourth-order valence-corrected chi connectivity index (χ4v) is 4.00. The van der Waals surface area contributed by atoms with Gasteiger partial charge in [0, 0.05) is 24.5 Å². The molecule has 0 aliphatic carbocycles. The van der Waals surface area contributed by atoms with Crippen LogP contribution in [0, 0.1) is 0 Å². The number of hydrogen-bond acceptors (Lipinski definition) is 8. The van der Waals surface area contributed by atoms with Gasteiger partial charge in [0.15, 0.2) is 0 Å².